The van der Waals surface area contributed by atoms with Crippen molar-refractivity contribution in [2.24, 2.45) is 0 Å². The van der Waals surface area contributed by atoms with Gasteiger partial charge >= 0.3 is 12.1 Å². The zero-order valence-corrected chi connectivity index (χ0v) is 13.7. The topological polar surface area (TPSA) is 55.8 Å². The number of nitrogens with zero attached hydrogens (tertiary/aromatic N) is 1. The molecule has 1 amide bonds. The van der Waals surface area contributed by atoms with Gasteiger partial charge in [0.15, 0.2) is 0 Å². The van der Waals surface area contributed by atoms with Crippen molar-refractivity contribution in [2.75, 3.05) is 18.1 Å². The van der Waals surface area contributed by atoms with E-state index in [1.54, 1.807) is 17.2 Å². The van der Waals surface area contributed by atoms with Gasteiger partial charge in [-0.15, -0.1) is 11.3 Å². The highest BCUT2D eigenvalue weighted by atomic mass is 32.1. The fraction of sp³-hybridized carbons (Fsp3) is 0.600. The van der Waals surface area contributed by atoms with E-state index < -0.39 is 5.60 Å². The lowest BCUT2D eigenvalue weighted by Crippen LogP contribution is -2.39. The maximum absolute atomic E-state index is 12.3. The van der Waals surface area contributed by atoms with Crippen LogP contribution in [0.2, 0.25) is 0 Å². The number of amides is 1. The smallest absolute Gasteiger partial charge is 0.415 e. The molecule has 0 spiro atoms. The second-order valence-electron chi connectivity index (χ2n) is 5.89. The molecule has 1 aromatic heterocycles. The summed E-state index contributed by atoms with van der Waals surface area (Å²) in [5.41, 5.74) is 0.941. The molecule has 0 fully saturated rings. The van der Waals surface area contributed by atoms with Gasteiger partial charge in [0, 0.05) is 17.5 Å². The number of thiophene rings is 1. The first kappa shape index (κ1) is 15.8. The summed E-state index contributed by atoms with van der Waals surface area (Å²) in [4.78, 5) is 25.8. The molecule has 1 aliphatic rings. The van der Waals surface area contributed by atoms with Crippen LogP contribution in [0.5, 0.6) is 0 Å². The van der Waals surface area contributed by atoms with E-state index in [-0.39, 0.29) is 12.1 Å². The van der Waals surface area contributed by atoms with Gasteiger partial charge in [-0.2, -0.15) is 0 Å². The van der Waals surface area contributed by atoms with Gasteiger partial charge in [0.1, 0.15) is 10.6 Å². The fourth-order valence-corrected chi connectivity index (χ4v) is 3.34. The Labute approximate surface area is 128 Å². The lowest BCUT2D eigenvalue weighted by molar-refractivity contribution is 0.0521. The van der Waals surface area contributed by atoms with Crippen LogP contribution in [0.1, 0.15) is 50.0 Å². The number of anilines is 1. The summed E-state index contributed by atoms with van der Waals surface area (Å²) in [5, 5.41) is 2.57. The third-order valence-electron chi connectivity index (χ3n) is 3.03. The summed E-state index contributed by atoms with van der Waals surface area (Å²) in [6.07, 6.45) is 1.24. The van der Waals surface area contributed by atoms with Gasteiger partial charge < -0.3 is 9.47 Å². The van der Waals surface area contributed by atoms with Crippen molar-refractivity contribution in [1.29, 1.82) is 0 Å². The van der Waals surface area contributed by atoms with Crippen LogP contribution in [-0.2, 0) is 15.9 Å². The van der Waals surface area contributed by atoms with Gasteiger partial charge in [-0.3, -0.25) is 4.90 Å². The molecule has 2 rings (SSSR count). The zero-order chi connectivity index (χ0) is 15.6. The van der Waals surface area contributed by atoms with Gasteiger partial charge in [0.25, 0.3) is 0 Å². The molecule has 6 heteroatoms. The molecule has 21 heavy (non-hydrogen) atoms. The third-order valence-corrected chi connectivity index (χ3v) is 4.08. The normalized spacial score (nSPS) is 14.6. The number of fused-ring (bicyclic) bond motifs is 1. The van der Waals surface area contributed by atoms with E-state index in [4.69, 9.17) is 9.47 Å². The number of rotatable bonds is 2. The predicted octanol–water partition coefficient (Wildman–Crippen LogP) is 3.61. The van der Waals surface area contributed by atoms with Gasteiger partial charge in [0.05, 0.1) is 12.2 Å². The largest absolute Gasteiger partial charge is 0.462 e. The van der Waals surface area contributed by atoms with E-state index in [0.29, 0.717) is 18.7 Å². The zero-order valence-electron chi connectivity index (χ0n) is 12.9. The first-order valence-electron chi connectivity index (χ1n) is 7.11. The number of hydrogen-bond donors (Lipinski definition) is 0. The molecule has 0 bridgehead atoms. The van der Waals surface area contributed by atoms with Crippen molar-refractivity contribution >= 4 is 28.4 Å². The number of carbonyl (C=O) groups is 2. The summed E-state index contributed by atoms with van der Waals surface area (Å²) in [5.74, 6) is -0.318. The molecule has 1 aromatic rings. The van der Waals surface area contributed by atoms with Gasteiger partial charge in [-0.1, -0.05) is 0 Å². The van der Waals surface area contributed by atoms with Crippen LogP contribution in [0.4, 0.5) is 9.80 Å². The van der Waals surface area contributed by atoms with E-state index >= 15 is 0 Å². The Morgan fingerprint density at radius 2 is 2.10 bits per heavy atom. The minimum absolute atomic E-state index is 0.318. The molecular weight excluding hydrogens is 290 g/mol. The van der Waals surface area contributed by atoms with Crippen molar-refractivity contribution in [2.45, 2.75) is 46.1 Å². The summed E-state index contributed by atoms with van der Waals surface area (Å²) in [6.45, 7) is 8.27. The van der Waals surface area contributed by atoms with Crippen LogP contribution in [0, 0.1) is 0 Å². The van der Waals surface area contributed by atoms with Crippen LogP contribution in [0.15, 0.2) is 5.38 Å². The highest BCUT2D eigenvalue weighted by molar-refractivity contribution is 7.15. The van der Waals surface area contributed by atoms with E-state index in [9.17, 15) is 9.59 Å². The first-order valence-corrected chi connectivity index (χ1v) is 7.99. The van der Waals surface area contributed by atoms with Crippen molar-refractivity contribution < 1.29 is 19.1 Å². The Kier molecular flexibility index (Phi) is 4.56. The van der Waals surface area contributed by atoms with Crippen LogP contribution in [0.25, 0.3) is 0 Å². The van der Waals surface area contributed by atoms with Crippen molar-refractivity contribution in [3.05, 3.63) is 16.5 Å². The van der Waals surface area contributed by atoms with E-state index in [1.165, 1.54) is 11.3 Å². The van der Waals surface area contributed by atoms with E-state index in [1.807, 2.05) is 20.8 Å². The summed E-state index contributed by atoms with van der Waals surface area (Å²) < 4.78 is 10.5. The molecule has 0 radical (unpaired) electrons. The van der Waals surface area contributed by atoms with Crippen LogP contribution in [-0.4, -0.2) is 30.8 Å². The lowest BCUT2D eigenvalue weighted by atomic mass is 10.0. The predicted molar refractivity (Wildman–Crippen MR) is 82.2 cm³/mol. The Balaban J connectivity index is 2.25. The molecule has 0 aliphatic carbocycles. The molecule has 116 valence electrons. The second-order valence-corrected chi connectivity index (χ2v) is 6.75. The maximum atomic E-state index is 12.3. The summed E-state index contributed by atoms with van der Waals surface area (Å²) in [7, 11) is 0. The monoisotopic (exact) mass is 311 g/mol. The quantitative estimate of drug-likeness (QED) is 0.783. The van der Waals surface area contributed by atoms with E-state index in [2.05, 4.69) is 0 Å². The minimum Gasteiger partial charge on any atom is -0.462 e. The molecule has 5 nitrogen and oxygen atoms in total. The molecule has 2 heterocycles. The van der Waals surface area contributed by atoms with Crippen molar-refractivity contribution in [3.63, 3.8) is 0 Å². The van der Waals surface area contributed by atoms with Crippen LogP contribution < -0.4 is 4.90 Å². The maximum Gasteiger partial charge on any atom is 0.415 e. The molecule has 0 saturated heterocycles. The van der Waals surface area contributed by atoms with Gasteiger partial charge in [0.2, 0.25) is 0 Å². The average Bonchev–Trinajstić information content (AvgIpc) is 2.80. The average molecular weight is 311 g/mol. The summed E-state index contributed by atoms with van der Waals surface area (Å²) >= 11 is 1.39. The highest BCUT2D eigenvalue weighted by Gasteiger charge is 2.31. The Morgan fingerprint density at radius 3 is 2.71 bits per heavy atom. The fourth-order valence-electron chi connectivity index (χ4n) is 2.23. The molecule has 0 unspecified atom stereocenters. The Hall–Kier alpha value is -1.56. The number of esters is 1. The van der Waals surface area contributed by atoms with Crippen LogP contribution >= 0.6 is 11.3 Å². The van der Waals surface area contributed by atoms with Gasteiger partial charge in [-0.25, -0.2) is 9.59 Å². The van der Waals surface area contributed by atoms with Crippen molar-refractivity contribution in [1.82, 2.24) is 0 Å². The molecule has 0 N–H and O–H groups in total. The second kappa shape index (κ2) is 6.05. The lowest BCUT2D eigenvalue weighted by Gasteiger charge is -2.29. The SMILES string of the molecule is CCOC(=O)c1csc2c1CCCN2C(=O)OC(C)(C)C. The number of carbonyl (C=O) groups excluding carboxylic acids is 2. The molecule has 0 atom stereocenters. The minimum atomic E-state index is -0.532. The molecule has 0 saturated carbocycles. The molecular formula is C15H21NO4S. The number of ether oxygens (including phenoxy) is 2. The highest BCUT2D eigenvalue weighted by Crippen LogP contribution is 2.37. The molecule has 1 aliphatic heterocycles. The van der Waals surface area contributed by atoms with Crippen LogP contribution in [0.3, 0.4) is 0 Å². The molecule has 0 aromatic carbocycles. The van der Waals surface area contributed by atoms with Crippen molar-refractivity contribution in [3.8, 4) is 0 Å². The Morgan fingerprint density at radius 1 is 1.38 bits per heavy atom. The van der Waals surface area contributed by atoms with Gasteiger partial charge in [-0.05, 0) is 40.5 Å². The summed E-state index contributed by atoms with van der Waals surface area (Å²) in [6, 6.07) is 0. The Bertz CT molecular complexity index is 544. The standard InChI is InChI=1S/C15H21NO4S/c1-5-19-13(17)11-9-21-12-10(11)7-6-8-16(12)14(18)20-15(2,3)4/h9H,5-8H2,1-4H3. The third kappa shape index (κ3) is 3.56. The first-order chi connectivity index (χ1) is 9.83. The number of hydrogen-bond acceptors (Lipinski definition) is 5. The van der Waals surface area contributed by atoms with E-state index in [0.717, 1.165) is 23.4 Å².